The molecular formula is C11H13NO2S. The van der Waals surface area contributed by atoms with Crippen LogP contribution in [0.5, 0.6) is 0 Å². The van der Waals surface area contributed by atoms with Crippen LogP contribution in [0.1, 0.15) is 27.0 Å². The van der Waals surface area contributed by atoms with Gasteiger partial charge in [0.15, 0.2) is 0 Å². The Balaban J connectivity index is 2.89. The molecule has 1 aromatic heterocycles. The number of nitrogens with zero attached hydrogens (tertiary/aromatic N) is 1. The molecule has 0 amide bonds. The van der Waals surface area contributed by atoms with Gasteiger partial charge in [-0.3, -0.25) is 4.99 Å². The number of aryl methyl sites for hydroxylation is 1. The molecule has 0 fully saturated rings. The van der Waals surface area contributed by atoms with Gasteiger partial charge in [-0.2, -0.15) is 0 Å². The van der Waals surface area contributed by atoms with E-state index in [9.17, 15) is 4.79 Å². The van der Waals surface area contributed by atoms with Crippen LogP contribution in [-0.2, 0) is 4.74 Å². The number of aliphatic imine (C=N–C) groups is 1. The molecule has 1 aromatic rings. The van der Waals surface area contributed by atoms with Crippen LogP contribution >= 0.6 is 11.3 Å². The Morgan fingerprint density at radius 3 is 3.07 bits per heavy atom. The van der Waals surface area contributed by atoms with Crippen molar-refractivity contribution in [2.45, 2.75) is 13.8 Å². The van der Waals surface area contributed by atoms with E-state index in [-0.39, 0.29) is 5.97 Å². The Bertz CT molecular complexity index is 393. The Labute approximate surface area is 93.1 Å². The molecule has 80 valence electrons. The summed E-state index contributed by atoms with van der Waals surface area (Å²) in [7, 11) is 0. The topological polar surface area (TPSA) is 38.7 Å². The van der Waals surface area contributed by atoms with Crippen LogP contribution in [0.4, 0.5) is 0 Å². The molecule has 3 nitrogen and oxygen atoms in total. The summed E-state index contributed by atoms with van der Waals surface area (Å²) in [5, 5.41) is 0. The molecule has 0 atom stereocenters. The molecule has 0 N–H and O–H groups in total. The summed E-state index contributed by atoms with van der Waals surface area (Å²) in [4.78, 5) is 16.7. The monoisotopic (exact) mass is 223 g/mol. The van der Waals surface area contributed by atoms with Crippen molar-refractivity contribution >= 4 is 30.1 Å². The van der Waals surface area contributed by atoms with E-state index in [0.717, 1.165) is 10.4 Å². The van der Waals surface area contributed by atoms with E-state index in [4.69, 9.17) is 4.74 Å². The summed E-state index contributed by atoms with van der Waals surface area (Å²) in [5.41, 5.74) is 0.982. The van der Waals surface area contributed by atoms with Crippen LogP contribution in [0.15, 0.2) is 17.3 Å². The molecule has 4 heteroatoms. The third-order valence-corrected chi connectivity index (χ3v) is 2.84. The first-order chi connectivity index (χ1) is 7.19. The summed E-state index contributed by atoms with van der Waals surface area (Å²) in [6, 6.07) is 1.81. The average Bonchev–Trinajstić information content (AvgIpc) is 2.57. The van der Waals surface area contributed by atoms with Crippen molar-refractivity contribution in [2.75, 3.05) is 6.61 Å². The first kappa shape index (κ1) is 11.7. The molecule has 1 rings (SSSR count). The molecule has 0 aliphatic rings. The first-order valence-corrected chi connectivity index (χ1v) is 5.40. The third-order valence-electron chi connectivity index (χ3n) is 1.79. The number of carbonyl (C=O) groups excluding carboxylic acids is 1. The SMILES string of the molecule is C=N/C=C\c1cc(C(=O)OCC)sc1C. The molecule has 0 radical (unpaired) electrons. The van der Waals surface area contributed by atoms with Gasteiger partial charge < -0.3 is 4.74 Å². The number of esters is 1. The fourth-order valence-corrected chi connectivity index (χ4v) is 2.00. The van der Waals surface area contributed by atoms with Gasteiger partial charge in [-0.05, 0) is 38.3 Å². The molecule has 0 unspecified atom stereocenters. The number of carbonyl (C=O) groups is 1. The van der Waals surface area contributed by atoms with Crippen molar-refractivity contribution in [1.29, 1.82) is 0 Å². The summed E-state index contributed by atoms with van der Waals surface area (Å²) in [6.07, 6.45) is 3.42. The molecule has 0 saturated carbocycles. The van der Waals surface area contributed by atoms with Crippen molar-refractivity contribution in [3.05, 3.63) is 27.6 Å². The number of hydrogen-bond acceptors (Lipinski definition) is 4. The fourth-order valence-electron chi connectivity index (χ4n) is 1.10. The van der Waals surface area contributed by atoms with E-state index < -0.39 is 0 Å². The molecule has 0 aliphatic carbocycles. The van der Waals surface area contributed by atoms with Crippen molar-refractivity contribution < 1.29 is 9.53 Å². The second-order valence-electron chi connectivity index (χ2n) is 2.84. The van der Waals surface area contributed by atoms with E-state index in [1.54, 1.807) is 19.2 Å². The van der Waals surface area contributed by atoms with Gasteiger partial charge in [0.2, 0.25) is 0 Å². The smallest absolute Gasteiger partial charge is 0.348 e. The van der Waals surface area contributed by atoms with Crippen molar-refractivity contribution in [2.24, 2.45) is 4.99 Å². The van der Waals surface area contributed by atoms with Gasteiger partial charge in [-0.1, -0.05) is 0 Å². The summed E-state index contributed by atoms with van der Waals surface area (Å²) in [6.45, 7) is 7.50. The minimum Gasteiger partial charge on any atom is -0.462 e. The minimum atomic E-state index is -0.267. The Hall–Kier alpha value is -1.42. The van der Waals surface area contributed by atoms with Crippen LogP contribution in [0.2, 0.25) is 0 Å². The van der Waals surface area contributed by atoms with Crippen molar-refractivity contribution in [1.82, 2.24) is 0 Å². The van der Waals surface area contributed by atoms with Crippen molar-refractivity contribution in [3.8, 4) is 0 Å². The highest BCUT2D eigenvalue weighted by atomic mass is 32.1. The maximum absolute atomic E-state index is 11.4. The van der Waals surface area contributed by atoms with E-state index >= 15 is 0 Å². The average molecular weight is 223 g/mol. The van der Waals surface area contributed by atoms with E-state index in [1.807, 2.05) is 13.0 Å². The normalized spacial score (nSPS) is 10.5. The highest BCUT2D eigenvalue weighted by molar-refractivity contribution is 7.14. The number of rotatable bonds is 4. The molecular weight excluding hydrogens is 210 g/mol. The fraction of sp³-hybridized carbons (Fsp3) is 0.273. The predicted octanol–water partition coefficient (Wildman–Crippen LogP) is 2.90. The number of ether oxygens (including phenoxy) is 1. The lowest BCUT2D eigenvalue weighted by atomic mass is 10.2. The zero-order valence-electron chi connectivity index (χ0n) is 8.82. The van der Waals surface area contributed by atoms with Crippen LogP contribution in [-0.4, -0.2) is 19.3 Å². The first-order valence-electron chi connectivity index (χ1n) is 4.59. The van der Waals surface area contributed by atoms with Gasteiger partial charge in [0.05, 0.1) is 6.61 Å². The lowest BCUT2D eigenvalue weighted by Crippen LogP contribution is -2.01. The van der Waals surface area contributed by atoms with Gasteiger partial charge in [0, 0.05) is 11.1 Å². The summed E-state index contributed by atoms with van der Waals surface area (Å²) >= 11 is 1.42. The van der Waals surface area contributed by atoms with E-state index in [1.165, 1.54) is 11.3 Å². The third kappa shape index (κ3) is 3.02. The van der Waals surface area contributed by atoms with Gasteiger partial charge in [-0.15, -0.1) is 11.3 Å². The summed E-state index contributed by atoms with van der Waals surface area (Å²) in [5.74, 6) is -0.267. The maximum atomic E-state index is 11.4. The predicted molar refractivity (Wildman–Crippen MR) is 63.6 cm³/mol. The quantitative estimate of drug-likeness (QED) is 0.581. The highest BCUT2D eigenvalue weighted by Crippen LogP contribution is 2.23. The molecule has 0 aliphatic heterocycles. The summed E-state index contributed by atoms with van der Waals surface area (Å²) < 4.78 is 4.91. The van der Waals surface area contributed by atoms with Gasteiger partial charge in [-0.25, -0.2) is 4.79 Å². The zero-order valence-corrected chi connectivity index (χ0v) is 9.63. The Morgan fingerprint density at radius 2 is 2.47 bits per heavy atom. The molecule has 1 heterocycles. The largest absolute Gasteiger partial charge is 0.462 e. The van der Waals surface area contributed by atoms with Crippen LogP contribution in [0.25, 0.3) is 6.08 Å². The van der Waals surface area contributed by atoms with Gasteiger partial charge in [0.25, 0.3) is 0 Å². The second-order valence-corrected chi connectivity index (χ2v) is 4.10. The lowest BCUT2D eigenvalue weighted by molar-refractivity contribution is 0.0532. The van der Waals surface area contributed by atoms with Crippen LogP contribution in [0.3, 0.4) is 0 Å². The van der Waals surface area contributed by atoms with Gasteiger partial charge in [0.1, 0.15) is 4.88 Å². The Morgan fingerprint density at radius 1 is 1.73 bits per heavy atom. The van der Waals surface area contributed by atoms with E-state index in [2.05, 4.69) is 11.7 Å². The van der Waals surface area contributed by atoms with Crippen LogP contribution < -0.4 is 0 Å². The van der Waals surface area contributed by atoms with Crippen LogP contribution in [0, 0.1) is 6.92 Å². The van der Waals surface area contributed by atoms with Crippen molar-refractivity contribution in [3.63, 3.8) is 0 Å². The lowest BCUT2D eigenvalue weighted by Gasteiger charge is -1.96. The second kappa shape index (κ2) is 5.46. The number of thiophene rings is 1. The molecule has 0 spiro atoms. The van der Waals surface area contributed by atoms with Gasteiger partial charge >= 0.3 is 5.97 Å². The molecule has 0 bridgehead atoms. The molecule has 0 saturated heterocycles. The zero-order chi connectivity index (χ0) is 11.3. The maximum Gasteiger partial charge on any atom is 0.348 e. The number of hydrogen-bond donors (Lipinski definition) is 0. The highest BCUT2D eigenvalue weighted by Gasteiger charge is 2.11. The minimum absolute atomic E-state index is 0.267. The van der Waals surface area contributed by atoms with E-state index in [0.29, 0.717) is 11.5 Å². The standard InChI is InChI=1S/C11H13NO2S/c1-4-14-11(13)10-7-9(5-6-12-3)8(2)15-10/h5-7H,3-4H2,1-2H3/b6-5-. The Kier molecular flexibility index (Phi) is 4.24. The molecule has 0 aromatic carbocycles. The molecule has 15 heavy (non-hydrogen) atoms.